The van der Waals surface area contributed by atoms with Crippen LogP contribution in [0.3, 0.4) is 0 Å². The molecule has 7 nitrogen and oxygen atoms in total. The van der Waals surface area contributed by atoms with Crippen LogP contribution in [0.25, 0.3) is 99.0 Å². The van der Waals surface area contributed by atoms with Gasteiger partial charge in [-0.3, -0.25) is 4.79 Å². The van der Waals surface area contributed by atoms with Crippen LogP contribution in [0, 0.1) is 29.6 Å². The summed E-state index contributed by atoms with van der Waals surface area (Å²) in [6, 6.07) is 34.2. The van der Waals surface area contributed by atoms with Crippen LogP contribution >= 0.6 is 68.8 Å². The van der Waals surface area contributed by atoms with Crippen molar-refractivity contribution in [1.29, 1.82) is 10.5 Å². The fourth-order valence-electron chi connectivity index (χ4n) is 11.2. The standard InChI is InChI=1S/C55H32N6OS6/c1-24-10-13-31(47-45(24)58-67-60-47)40-18-26-16-36-34(20-38(26)63-40)50-43(54(36,2)3)52-53(65-50)44-51(66-52)35-21-39-27(17-37(35)55(44,4)5)19-41(64-39)32-14-11-25(46-48(32)61-68-59-46)12-15-33-42(28(22-56)23-57)29-8-6-7-9-30(29)49(33)62/h6-11,13-21H,12H2,1-5H3/b33-15-. The Kier molecular flexibility index (Phi) is 8.35. The number of nitrogens with zero attached hydrogens (tertiary/aromatic N) is 6. The van der Waals surface area contributed by atoms with Gasteiger partial charge in [0, 0.05) is 67.6 Å². The number of Topliss-reactive ketones (excluding diaryl/α,β-unsaturated/α-hetero) is 1. The maximum Gasteiger partial charge on any atom is 0.194 e. The summed E-state index contributed by atoms with van der Waals surface area (Å²) in [7, 11) is 0. The van der Waals surface area contributed by atoms with Crippen molar-refractivity contribution in [3.8, 4) is 53.9 Å². The molecular formula is C55H32N6OS6. The first-order valence-electron chi connectivity index (χ1n) is 22.1. The van der Waals surface area contributed by atoms with Gasteiger partial charge in [0.25, 0.3) is 0 Å². The van der Waals surface area contributed by atoms with Crippen molar-refractivity contribution >= 4 is 132 Å². The van der Waals surface area contributed by atoms with E-state index in [0.29, 0.717) is 28.7 Å². The van der Waals surface area contributed by atoms with Gasteiger partial charge < -0.3 is 0 Å². The highest BCUT2D eigenvalue weighted by Gasteiger charge is 2.45. The molecule has 0 saturated heterocycles. The lowest BCUT2D eigenvalue weighted by molar-refractivity contribution is 0.104. The monoisotopic (exact) mass is 984 g/mol. The van der Waals surface area contributed by atoms with Crippen LogP contribution in [0.4, 0.5) is 0 Å². The van der Waals surface area contributed by atoms with Gasteiger partial charge in [-0.1, -0.05) is 82.3 Å². The van der Waals surface area contributed by atoms with E-state index in [1.807, 2.05) is 58.3 Å². The molecule has 6 heterocycles. The molecule has 0 atom stereocenters. The number of benzene rings is 5. The third-order valence-corrected chi connectivity index (χ3v) is 20.5. The number of carbonyl (C=O) groups is 1. The molecule has 0 saturated carbocycles. The van der Waals surface area contributed by atoms with E-state index in [0.717, 1.165) is 49.2 Å². The number of aromatic nitrogens is 4. The Morgan fingerprint density at radius 2 is 1.13 bits per heavy atom. The van der Waals surface area contributed by atoms with Crippen molar-refractivity contribution in [3.63, 3.8) is 0 Å². The topological polar surface area (TPSA) is 116 Å². The average Bonchev–Trinajstić information content (AvgIpc) is 4.20. The Bertz CT molecular complexity index is 4300. The smallest absolute Gasteiger partial charge is 0.194 e. The molecule has 0 fully saturated rings. The number of hydrogen-bond acceptors (Lipinski definition) is 13. The SMILES string of the molecule is Cc1ccc(-c2cc3cc4c(cc3s2)-c2sc3c5c(sc3c2C4(C)C)-c2cc3sc(-c4ccc(C/C=C6\C(=O)c7ccccc7C6=C(C#N)C#N)c6nsnc46)cc3cc2C5(C)C)c2nsnc12. The van der Waals surface area contributed by atoms with Crippen molar-refractivity contribution in [3.05, 3.63) is 147 Å². The normalized spacial score (nSPS) is 15.7. The zero-order chi connectivity index (χ0) is 46.1. The van der Waals surface area contributed by atoms with Gasteiger partial charge in [-0.05, 0) is 111 Å². The largest absolute Gasteiger partial charge is 0.289 e. The van der Waals surface area contributed by atoms with Crippen molar-refractivity contribution in [2.75, 3.05) is 0 Å². The van der Waals surface area contributed by atoms with Gasteiger partial charge in [0.2, 0.25) is 0 Å². The maximum atomic E-state index is 13.6. The highest BCUT2D eigenvalue weighted by atomic mass is 32.1. The fraction of sp³-hybridized carbons (Fsp3) is 0.145. The molecule has 0 aliphatic heterocycles. The Hall–Kier alpha value is -6.55. The number of rotatable bonds is 4. The van der Waals surface area contributed by atoms with E-state index in [9.17, 15) is 15.3 Å². The molecular weight excluding hydrogens is 953 g/mol. The molecule has 11 aromatic rings. The van der Waals surface area contributed by atoms with Gasteiger partial charge in [-0.2, -0.15) is 28.0 Å². The van der Waals surface area contributed by atoms with Crippen molar-refractivity contribution in [2.45, 2.75) is 51.9 Å². The number of fused-ring (bicyclic) bond motifs is 14. The molecule has 0 bridgehead atoms. The Labute approximate surface area is 413 Å². The minimum absolute atomic E-state index is 0.0666. The first-order valence-corrected chi connectivity index (χ1v) is 26.8. The molecule has 5 aromatic carbocycles. The first-order chi connectivity index (χ1) is 32.9. The molecule has 3 aliphatic rings. The van der Waals surface area contributed by atoms with Crippen LogP contribution in [0.15, 0.2) is 102 Å². The fourth-order valence-corrected chi connectivity index (χ4v) is 18.2. The van der Waals surface area contributed by atoms with Crippen molar-refractivity contribution < 1.29 is 4.79 Å². The van der Waals surface area contributed by atoms with Crippen molar-refractivity contribution in [1.82, 2.24) is 17.5 Å². The predicted octanol–water partition coefficient (Wildman–Crippen LogP) is 15.8. The summed E-state index contributed by atoms with van der Waals surface area (Å²) >= 11 is 10.1. The van der Waals surface area contributed by atoms with Crippen molar-refractivity contribution in [2.24, 2.45) is 0 Å². The molecule has 68 heavy (non-hydrogen) atoms. The van der Waals surface area contributed by atoms with Crippen LogP contribution < -0.4 is 0 Å². The molecule has 14 rings (SSSR count). The molecule has 6 aromatic heterocycles. The number of thiophene rings is 4. The number of aryl methyl sites for hydroxylation is 1. The summed E-state index contributed by atoms with van der Waals surface area (Å²) in [4.78, 5) is 18.8. The van der Waals surface area contributed by atoms with Gasteiger partial charge >= 0.3 is 0 Å². The summed E-state index contributed by atoms with van der Waals surface area (Å²) < 4.78 is 24.3. The van der Waals surface area contributed by atoms with E-state index < -0.39 is 0 Å². The number of hydrogen-bond donors (Lipinski definition) is 0. The zero-order valence-corrected chi connectivity index (χ0v) is 41.8. The first kappa shape index (κ1) is 40.5. The highest BCUT2D eigenvalue weighted by molar-refractivity contribution is 7.32. The third kappa shape index (κ3) is 5.32. The maximum absolute atomic E-state index is 13.6. The summed E-state index contributed by atoms with van der Waals surface area (Å²) in [5, 5.41) is 22.1. The molecule has 324 valence electrons. The summed E-state index contributed by atoms with van der Waals surface area (Å²) in [5.41, 5.74) is 17.8. The number of ketones is 1. The van der Waals surface area contributed by atoms with Crippen LogP contribution in [-0.2, 0) is 17.3 Å². The molecule has 3 aliphatic carbocycles. The molecule has 0 N–H and O–H groups in total. The lowest BCUT2D eigenvalue weighted by Gasteiger charge is -2.22. The highest BCUT2D eigenvalue weighted by Crippen LogP contribution is 2.64. The average molecular weight is 985 g/mol. The molecule has 0 unspecified atom stereocenters. The molecule has 0 amide bonds. The lowest BCUT2D eigenvalue weighted by Crippen LogP contribution is -2.15. The van der Waals surface area contributed by atoms with Gasteiger partial charge in [-0.25, -0.2) is 0 Å². The van der Waals surface area contributed by atoms with Gasteiger partial charge in [0.15, 0.2) is 5.78 Å². The van der Waals surface area contributed by atoms with E-state index in [1.165, 1.54) is 101 Å². The van der Waals surface area contributed by atoms with Gasteiger partial charge in [0.05, 0.1) is 32.9 Å². The minimum atomic E-state index is -0.180. The number of nitriles is 2. The van der Waals surface area contributed by atoms with Gasteiger partial charge in [-0.15, -0.1) is 45.3 Å². The summed E-state index contributed by atoms with van der Waals surface area (Å²) in [6.07, 6.45) is 2.23. The second kappa shape index (κ2) is 14.0. The van der Waals surface area contributed by atoms with Crippen LogP contribution in [0.1, 0.15) is 77.0 Å². The number of allylic oxidation sites excluding steroid dienone is 4. The summed E-state index contributed by atoms with van der Waals surface area (Å²) in [5.74, 6) is -0.180. The Morgan fingerprint density at radius 1 is 0.603 bits per heavy atom. The van der Waals surface area contributed by atoms with Crippen LogP contribution in [-0.4, -0.2) is 23.3 Å². The van der Waals surface area contributed by atoms with E-state index in [-0.39, 0.29) is 22.2 Å². The van der Waals surface area contributed by atoms with E-state index in [4.69, 9.17) is 13.1 Å². The molecule has 13 heteroatoms. The summed E-state index contributed by atoms with van der Waals surface area (Å²) in [6.45, 7) is 11.7. The van der Waals surface area contributed by atoms with Crippen LogP contribution in [0.2, 0.25) is 0 Å². The molecule has 0 spiro atoms. The van der Waals surface area contributed by atoms with E-state index >= 15 is 0 Å². The number of carbonyl (C=O) groups excluding carboxylic acids is 1. The van der Waals surface area contributed by atoms with Crippen LogP contribution in [0.5, 0.6) is 0 Å². The molecule has 0 radical (unpaired) electrons. The second-order valence-corrected chi connectivity index (χ2v) is 24.2. The van der Waals surface area contributed by atoms with Gasteiger partial charge in [0.1, 0.15) is 39.8 Å². The Balaban J connectivity index is 0.820. The lowest BCUT2D eigenvalue weighted by atomic mass is 9.81. The van der Waals surface area contributed by atoms with E-state index in [2.05, 4.69) is 99.7 Å². The third-order valence-electron chi connectivity index (χ3n) is 14.5. The second-order valence-electron chi connectivity index (χ2n) is 18.9. The minimum Gasteiger partial charge on any atom is -0.289 e. The Morgan fingerprint density at radius 3 is 1.72 bits per heavy atom. The predicted molar refractivity (Wildman–Crippen MR) is 284 cm³/mol. The zero-order valence-electron chi connectivity index (χ0n) is 36.9. The quantitative estimate of drug-likeness (QED) is 0.127. The van der Waals surface area contributed by atoms with E-state index in [1.54, 1.807) is 29.5 Å².